The third-order valence-electron chi connectivity index (χ3n) is 6.87. The zero-order valence-electron chi connectivity index (χ0n) is 18.8. The third kappa shape index (κ3) is 4.39. The van der Waals surface area contributed by atoms with Crippen LogP contribution in [0, 0.1) is 5.82 Å². The molecule has 0 bridgehead atoms. The number of hydrazine groups is 1. The summed E-state index contributed by atoms with van der Waals surface area (Å²) in [7, 11) is 0. The minimum Gasteiger partial charge on any atom is -0.339 e. The number of nitrogens with one attached hydrogen (secondary N) is 2. The van der Waals surface area contributed by atoms with Crippen LogP contribution in [0.4, 0.5) is 9.18 Å². The van der Waals surface area contributed by atoms with Crippen LogP contribution in [0.15, 0.2) is 28.8 Å². The normalized spacial score (nSPS) is 22.7. The SMILES string of the molecule is O=C(CN1CCCC(c2nc(-c3ccc(F)cc3)no2)C1)NN1C(=O)NC2(CCCCC2)C1=O. The standard InChI is InChI=1S/C23H27FN6O4/c24-17-8-6-15(7-9-17)19-25-20(34-28-19)16-5-4-12-29(13-16)14-18(31)27-30-21(32)23(26-22(30)33)10-2-1-3-11-23/h6-9,16H,1-5,10-14H2,(H,26,33)(H,27,31). The molecule has 4 amide bonds. The van der Waals surface area contributed by atoms with E-state index < -0.39 is 17.5 Å². The van der Waals surface area contributed by atoms with Gasteiger partial charge in [0.2, 0.25) is 11.7 Å². The van der Waals surface area contributed by atoms with Crippen molar-refractivity contribution in [3.8, 4) is 11.4 Å². The van der Waals surface area contributed by atoms with E-state index >= 15 is 0 Å². The molecule has 10 nitrogen and oxygen atoms in total. The number of hydrogen-bond donors (Lipinski definition) is 2. The summed E-state index contributed by atoms with van der Waals surface area (Å²) in [5.41, 5.74) is 2.28. The van der Waals surface area contributed by atoms with Gasteiger partial charge in [0.1, 0.15) is 11.4 Å². The van der Waals surface area contributed by atoms with Gasteiger partial charge in [-0.15, -0.1) is 0 Å². The molecular formula is C23H27FN6O4. The van der Waals surface area contributed by atoms with E-state index in [0.29, 0.717) is 43.2 Å². The van der Waals surface area contributed by atoms with E-state index in [-0.39, 0.29) is 24.2 Å². The van der Waals surface area contributed by atoms with Crippen molar-refractivity contribution >= 4 is 17.8 Å². The Hall–Kier alpha value is -3.34. The summed E-state index contributed by atoms with van der Waals surface area (Å²) in [5, 5.41) is 7.63. The number of likely N-dealkylation sites (tertiary alicyclic amines) is 1. The van der Waals surface area contributed by atoms with Crippen molar-refractivity contribution in [3.63, 3.8) is 0 Å². The van der Waals surface area contributed by atoms with E-state index in [4.69, 9.17) is 4.52 Å². The highest BCUT2D eigenvalue weighted by Crippen LogP contribution is 2.33. The number of carbonyl (C=O) groups is 3. The van der Waals surface area contributed by atoms with Crippen molar-refractivity contribution in [2.45, 2.75) is 56.4 Å². The summed E-state index contributed by atoms with van der Waals surface area (Å²) >= 11 is 0. The van der Waals surface area contributed by atoms with Crippen molar-refractivity contribution in [2.75, 3.05) is 19.6 Å². The highest BCUT2D eigenvalue weighted by Gasteiger charge is 2.52. The lowest BCUT2D eigenvalue weighted by Crippen LogP contribution is -2.53. The molecular weight excluding hydrogens is 443 g/mol. The second-order valence-corrected chi connectivity index (χ2v) is 9.29. The minimum atomic E-state index is -0.876. The fourth-order valence-corrected chi connectivity index (χ4v) is 5.10. The van der Waals surface area contributed by atoms with Gasteiger partial charge >= 0.3 is 6.03 Å². The van der Waals surface area contributed by atoms with Crippen molar-refractivity contribution in [1.29, 1.82) is 0 Å². The molecule has 3 aliphatic rings. The summed E-state index contributed by atoms with van der Waals surface area (Å²) in [6.07, 6.45) is 5.66. The van der Waals surface area contributed by atoms with Crippen LogP contribution in [-0.2, 0) is 9.59 Å². The van der Waals surface area contributed by atoms with Gasteiger partial charge in [0.05, 0.1) is 12.5 Å². The molecule has 2 saturated heterocycles. The Kier molecular flexibility index (Phi) is 6.03. The number of carbonyl (C=O) groups excluding carboxylic acids is 3. The molecule has 1 aliphatic carbocycles. The van der Waals surface area contributed by atoms with Gasteiger partial charge in [0.15, 0.2) is 0 Å². The monoisotopic (exact) mass is 470 g/mol. The van der Waals surface area contributed by atoms with Crippen LogP contribution in [-0.4, -0.2) is 63.1 Å². The molecule has 2 N–H and O–H groups in total. The van der Waals surface area contributed by atoms with E-state index in [0.717, 1.165) is 37.1 Å². The van der Waals surface area contributed by atoms with E-state index in [1.165, 1.54) is 12.1 Å². The second kappa shape index (κ2) is 9.13. The van der Waals surface area contributed by atoms with E-state index in [9.17, 15) is 18.8 Å². The molecule has 11 heteroatoms. The number of piperidine rings is 1. The lowest BCUT2D eigenvalue weighted by atomic mass is 9.82. The number of halogens is 1. The molecule has 0 radical (unpaired) electrons. The number of urea groups is 1. The van der Waals surface area contributed by atoms with Crippen LogP contribution in [0.2, 0.25) is 0 Å². The summed E-state index contributed by atoms with van der Waals surface area (Å²) < 4.78 is 18.6. The summed E-state index contributed by atoms with van der Waals surface area (Å²) in [6, 6.07) is 5.29. The van der Waals surface area contributed by atoms with Crippen LogP contribution >= 0.6 is 0 Å². The van der Waals surface area contributed by atoms with E-state index in [1.54, 1.807) is 12.1 Å². The third-order valence-corrected chi connectivity index (χ3v) is 6.87. The molecule has 2 aliphatic heterocycles. The van der Waals surface area contributed by atoms with Gasteiger partial charge in [-0.2, -0.15) is 9.99 Å². The topological polar surface area (TPSA) is 121 Å². The average molecular weight is 471 g/mol. The first-order valence-electron chi connectivity index (χ1n) is 11.7. The lowest BCUT2D eigenvalue weighted by Gasteiger charge is -2.31. The highest BCUT2D eigenvalue weighted by molar-refractivity contribution is 6.08. The van der Waals surface area contributed by atoms with Crippen LogP contribution in [0.1, 0.15) is 56.8 Å². The maximum atomic E-state index is 13.2. The largest absolute Gasteiger partial charge is 0.344 e. The van der Waals surface area contributed by atoms with Crippen molar-refractivity contribution < 1.29 is 23.3 Å². The summed E-state index contributed by atoms with van der Waals surface area (Å²) in [4.78, 5) is 44.3. The Bertz CT molecular complexity index is 1080. The molecule has 180 valence electrons. The maximum absolute atomic E-state index is 13.2. The van der Waals surface area contributed by atoms with Gasteiger partial charge < -0.3 is 9.84 Å². The Morgan fingerprint density at radius 3 is 2.71 bits per heavy atom. The molecule has 3 fully saturated rings. The number of rotatable bonds is 5. The van der Waals surface area contributed by atoms with Gasteiger partial charge in [-0.1, -0.05) is 24.4 Å². The molecule has 5 rings (SSSR count). The molecule has 1 unspecified atom stereocenters. The lowest BCUT2D eigenvalue weighted by molar-refractivity contribution is -0.140. The number of imide groups is 1. The first-order valence-corrected chi connectivity index (χ1v) is 11.7. The first kappa shape index (κ1) is 22.5. The van der Waals surface area contributed by atoms with Crippen molar-refractivity contribution in [1.82, 2.24) is 30.8 Å². The quantitative estimate of drug-likeness (QED) is 0.644. The van der Waals surface area contributed by atoms with Crippen LogP contribution < -0.4 is 10.7 Å². The number of hydrogen-bond acceptors (Lipinski definition) is 7. The summed E-state index contributed by atoms with van der Waals surface area (Å²) in [5.74, 6) is -0.324. The number of aromatic nitrogens is 2. The smallest absolute Gasteiger partial charge is 0.339 e. The maximum Gasteiger partial charge on any atom is 0.344 e. The van der Waals surface area contributed by atoms with Gasteiger partial charge in [0, 0.05) is 12.1 Å². The highest BCUT2D eigenvalue weighted by atomic mass is 19.1. The van der Waals surface area contributed by atoms with Crippen molar-refractivity contribution in [2.24, 2.45) is 0 Å². The van der Waals surface area contributed by atoms with Gasteiger partial charge in [-0.25, -0.2) is 9.18 Å². The Balaban J connectivity index is 1.18. The zero-order valence-corrected chi connectivity index (χ0v) is 18.8. The first-order chi connectivity index (χ1) is 16.4. The van der Waals surface area contributed by atoms with Crippen molar-refractivity contribution in [3.05, 3.63) is 36.0 Å². The van der Waals surface area contributed by atoms with Gasteiger partial charge in [-0.05, 0) is 56.5 Å². The van der Waals surface area contributed by atoms with Crippen LogP contribution in [0.5, 0.6) is 0 Å². The molecule has 3 heterocycles. The number of nitrogens with zero attached hydrogens (tertiary/aromatic N) is 4. The minimum absolute atomic E-state index is 0.0412. The van der Waals surface area contributed by atoms with E-state index in [1.807, 2.05) is 4.90 Å². The van der Waals surface area contributed by atoms with Crippen LogP contribution in [0.3, 0.4) is 0 Å². The Morgan fingerprint density at radius 1 is 1.18 bits per heavy atom. The summed E-state index contributed by atoms with van der Waals surface area (Å²) in [6.45, 7) is 1.27. The zero-order chi connectivity index (χ0) is 23.7. The molecule has 1 atom stereocenters. The fourth-order valence-electron chi connectivity index (χ4n) is 5.10. The molecule has 34 heavy (non-hydrogen) atoms. The number of benzene rings is 1. The molecule has 1 aromatic carbocycles. The second-order valence-electron chi connectivity index (χ2n) is 9.29. The molecule has 2 aromatic rings. The predicted molar refractivity (Wildman–Crippen MR) is 117 cm³/mol. The predicted octanol–water partition coefficient (Wildman–Crippen LogP) is 2.34. The van der Waals surface area contributed by atoms with Gasteiger partial charge in [0.25, 0.3) is 11.8 Å². The average Bonchev–Trinajstić information content (AvgIpc) is 3.41. The Labute approximate surface area is 195 Å². The molecule has 1 aromatic heterocycles. The van der Waals surface area contributed by atoms with Crippen LogP contribution in [0.25, 0.3) is 11.4 Å². The Morgan fingerprint density at radius 2 is 1.94 bits per heavy atom. The van der Waals surface area contributed by atoms with E-state index in [2.05, 4.69) is 20.9 Å². The molecule has 1 spiro atoms. The molecule has 1 saturated carbocycles. The number of amides is 4. The van der Waals surface area contributed by atoms with Gasteiger partial charge in [-0.3, -0.25) is 19.9 Å². The fraction of sp³-hybridized carbons (Fsp3) is 0.522.